The van der Waals surface area contributed by atoms with E-state index in [-0.39, 0.29) is 20.1 Å². The topological polar surface area (TPSA) is 38.9 Å². The van der Waals surface area contributed by atoms with Crippen molar-refractivity contribution in [3.63, 3.8) is 0 Å². The normalized spacial score (nSPS) is 10.6. The number of benzene rings is 7. The zero-order valence-corrected chi connectivity index (χ0v) is 35.4. The van der Waals surface area contributed by atoms with Crippen molar-refractivity contribution in [2.45, 2.75) is 27.7 Å². The Morgan fingerprint density at radius 1 is 0.431 bits per heavy atom. The first-order valence-corrected chi connectivity index (χ1v) is 19.2. The third kappa shape index (κ3) is 8.40. The molecule has 0 atom stereocenters. The molecule has 0 fully saturated rings. The van der Waals surface area contributed by atoms with Crippen molar-refractivity contribution in [2.24, 2.45) is 0 Å². The molecule has 2 heterocycles. The Labute approximate surface area is 355 Å². The smallest absolute Gasteiger partial charge is 0.0602 e. The molecular weight excluding hydrogens is 887 g/mol. The first-order valence-electron chi connectivity index (χ1n) is 19.2. The van der Waals surface area contributed by atoms with Gasteiger partial charge in [0.2, 0.25) is 0 Å². The van der Waals surface area contributed by atoms with Crippen molar-refractivity contribution in [1.29, 1.82) is 0 Å². The molecule has 0 bridgehead atoms. The number of hydrogen-bond acceptors (Lipinski definition) is 3. The Hall–Kier alpha value is -6.59. The SMILES string of the molecule is Cc1cc(-c2cccc(N(c3ccccc3)c3ccccc3)c2)cc(C)c1-n1ccnc1-c1[c-]cccc1.Cc1cccc(C)c1-n1ccnc1-c1[c-]cccc1.[Ir]. The summed E-state index contributed by atoms with van der Waals surface area (Å²) in [6.45, 7) is 8.60. The summed E-state index contributed by atoms with van der Waals surface area (Å²) in [7, 11) is 0. The van der Waals surface area contributed by atoms with Crippen LogP contribution in [0.1, 0.15) is 22.3 Å². The number of anilines is 3. The van der Waals surface area contributed by atoms with Crippen LogP contribution in [-0.4, -0.2) is 19.1 Å². The summed E-state index contributed by atoms with van der Waals surface area (Å²) in [4.78, 5) is 11.4. The van der Waals surface area contributed by atoms with Crippen LogP contribution >= 0.6 is 0 Å². The molecule has 6 heteroatoms. The Morgan fingerprint density at radius 2 is 0.879 bits per heavy atom. The van der Waals surface area contributed by atoms with E-state index in [2.05, 4.69) is 185 Å². The first kappa shape index (κ1) is 39.6. The summed E-state index contributed by atoms with van der Waals surface area (Å²) >= 11 is 0. The second-order valence-corrected chi connectivity index (χ2v) is 14.1. The second-order valence-electron chi connectivity index (χ2n) is 14.1. The van der Waals surface area contributed by atoms with Crippen molar-refractivity contribution >= 4 is 17.1 Å². The third-order valence-electron chi connectivity index (χ3n) is 10.1. The molecule has 0 saturated heterocycles. The van der Waals surface area contributed by atoms with Gasteiger partial charge in [-0.1, -0.05) is 66.7 Å². The number of rotatable bonds is 8. The van der Waals surface area contributed by atoms with E-state index in [0.29, 0.717) is 0 Å². The summed E-state index contributed by atoms with van der Waals surface area (Å²) in [5, 5.41) is 0. The molecule has 9 rings (SSSR count). The molecule has 1 radical (unpaired) electrons. The van der Waals surface area contributed by atoms with E-state index in [1.54, 1.807) is 0 Å². The van der Waals surface area contributed by atoms with Gasteiger partial charge in [0.1, 0.15) is 0 Å². The Morgan fingerprint density at radius 3 is 1.36 bits per heavy atom. The molecule has 0 aliphatic carbocycles. The van der Waals surface area contributed by atoms with E-state index >= 15 is 0 Å². The van der Waals surface area contributed by atoms with Crippen LogP contribution in [0.4, 0.5) is 17.1 Å². The Kier molecular flexibility index (Phi) is 12.4. The molecule has 5 nitrogen and oxygen atoms in total. The molecule has 0 aliphatic rings. The molecule has 0 spiro atoms. The van der Waals surface area contributed by atoms with Crippen molar-refractivity contribution < 1.29 is 20.1 Å². The van der Waals surface area contributed by atoms with Crippen LogP contribution in [-0.2, 0) is 20.1 Å². The average molecular weight is 930 g/mol. The van der Waals surface area contributed by atoms with Crippen molar-refractivity contribution in [2.75, 3.05) is 4.90 Å². The number of para-hydroxylation sites is 3. The van der Waals surface area contributed by atoms with Crippen molar-refractivity contribution in [1.82, 2.24) is 19.1 Å². The quantitative estimate of drug-likeness (QED) is 0.143. The van der Waals surface area contributed by atoms with E-state index < -0.39 is 0 Å². The van der Waals surface area contributed by atoms with Gasteiger partial charge in [-0.15, -0.1) is 71.8 Å². The number of aromatic nitrogens is 4. The number of nitrogens with zero attached hydrogens (tertiary/aromatic N) is 5. The molecule has 0 aliphatic heterocycles. The fourth-order valence-corrected chi connectivity index (χ4v) is 7.55. The fraction of sp³-hybridized carbons (Fsp3) is 0.0769. The standard InChI is InChI=1S/C35H28N3.C17H15N2.Ir/c1-26-23-30(24-27(2)34(26)37-22-21-36-35(37)28-13-6-3-7-14-28)29-15-12-20-33(25-29)38(31-16-8-4-9-17-31)32-18-10-5-11-19-32;1-13-7-6-8-14(2)16(13)19-12-11-18-17(19)15-9-4-3-5-10-15;/h3-13,15-25H,1-2H3;3-9,11-12H,1-2H3;/q2*-1;. The third-order valence-corrected chi connectivity index (χ3v) is 10.1. The maximum Gasteiger partial charge on any atom is 0.0602 e. The molecular formula is C52H43IrN5-2. The zero-order chi connectivity index (χ0) is 39.1. The van der Waals surface area contributed by atoms with Gasteiger partial charge < -0.3 is 14.0 Å². The molecule has 9 aromatic rings. The molecule has 58 heavy (non-hydrogen) atoms. The van der Waals surface area contributed by atoms with Crippen LogP contribution in [0.15, 0.2) is 189 Å². The Bertz CT molecular complexity index is 2640. The summed E-state index contributed by atoms with van der Waals surface area (Å²) in [6, 6.07) is 63.1. The molecule has 287 valence electrons. The van der Waals surface area contributed by atoms with Gasteiger partial charge in [-0.2, -0.15) is 0 Å². The van der Waals surface area contributed by atoms with E-state index in [1.807, 2.05) is 67.3 Å². The van der Waals surface area contributed by atoms with Crippen LogP contribution in [0, 0.1) is 39.8 Å². The summed E-state index contributed by atoms with van der Waals surface area (Å²) in [5.74, 6) is 1.82. The predicted octanol–water partition coefficient (Wildman–Crippen LogP) is 13.0. The van der Waals surface area contributed by atoms with E-state index in [0.717, 1.165) is 45.5 Å². The largest absolute Gasteiger partial charge is 0.340 e. The van der Waals surface area contributed by atoms with Gasteiger partial charge in [0, 0.05) is 73.3 Å². The van der Waals surface area contributed by atoms with E-state index in [1.165, 1.54) is 39.1 Å². The minimum absolute atomic E-state index is 0. The Balaban J connectivity index is 0.000000215. The van der Waals surface area contributed by atoms with Gasteiger partial charge in [-0.25, -0.2) is 0 Å². The van der Waals surface area contributed by atoms with Gasteiger partial charge in [-0.05, 0) is 110 Å². The second kappa shape index (κ2) is 18.1. The molecule has 0 saturated carbocycles. The van der Waals surface area contributed by atoms with Crippen molar-refractivity contribution in [3.8, 4) is 45.3 Å². The van der Waals surface area contributed by atoms with E-state index in [9.17, 15) is 0 Å². The van der Waals surface area contributed by atoms with Gasteiger partial charge in [0.25, 0.3) is 0 Å². The maximum absolute atomic E-state index is 4.64. The number of aryl methyl sites for hydroxylation is 4. The van der Waals surface area contributed by atoms with Gasteiger partial charge in [0.15, 0.2) is 0 Å². The summed E-state index contributed by atoms with van der Waals surface area (Å²) in [6.07, 6.45) is 7.73. The predicted molar refractivity (Wildman–Crippen MR) is 235 cm³/mol. The first-order chi connectivity index (χ1) is 28.0. The average Bonchev–Trinajstić information content (AvgIpc) is 3.94. The fourth-order valence-electron chi connectivity index (χ4n) is 7.55. The zero-order valence-electron chi connectivity index (χ0n) is 33.0. The van der Waals surface area contributed by atoms with Gasteiger partial charge >= 0.3 is 0 Å². The maximum atomic E-state index is 4.64. The molecule has 0 amide bonds. The van der Waals surface area contributed by atoms with Gasteiger partial charge in [0.05, 0.1) is 11.6 Å². The molecule has 2 aromatic heterocycles. The summed E-state index contributed by atoms with van der Waals surface area (Å²) < 4.78 is 4.31. The molecule has 0 unspecified atom stereocenters. The minimum atomic E-state index is 0. The number of hydrogen-bond donors (Lipinski definition) is 0. The van der Waals surface area contributed by atoms with Crippen LogP contribution in [0.2, 0.25) is 0 Å². The van der Waals surface area contributed by atoms with Crippen LogP contribution < -0.4 is 4.90 Å². The van der Waals surface area contributed by atoms with Crippen LogP contribution in [0.5, 0.6) is 0 Å². The van der Waals surface area contributed by atoms with E-state index in [4.69, 9.17) is 0 Å². The van der Waals surface area contributed by atoms with Gasteiger partial charge in [-0.3, -0.25) is 9.97 Å². The van der Waals surface area contributed by atoms with Crippen LogP contribution in [0.25, 0.3) is 45.3 Å². The van der Waals surface area contributed by atoms with Crippen molar-refractivity contribution in [3.05, 3.63) is 223 Å². The molecule has 7 aromatic carbocycles. The molecule has 0 N–H and O–H groups in total. The summed E-state index contributed by atoms with van der Waals surface area (Å²) in [5.41, 5.74) is 15.0. The minimum Gasteiger partial charge on any atom is -0.340 e. The monoisotopic (exact) mass is 930 g/mol. The number of imidazole rings is 2. The van der Waals surface area contributed by atoms with Crippen LogP contribution in [0.3, 0.4) is 0 Å².